The Hall–Kier alpha value is -0.610. The van der Waals surface area contributed by atoms with Crippen molar-refractivity contribution in [3.05, 3.63) is 0 Å². The average molecular weight is 269 g/mol. The largest absolute Gasteiger partial charge is 0.356 e. The van der Waals surface area contributed by atoms with E-state index in [0.29, 0.717) is 12.5 Å². The van der Waals surface area contributed by atoms with Crippen molar-refractivity contribution in [2.24, 2.45) is 11.7 Å². The molecule has 1 fully saturated rings. The van der Waals surface area contributed by atoms with Gasteiger partial charge in [-0.25, -0.2) is 0 Å². The fraction of sp³-hybridized carbons (Fsp3) is 0.933. The molecule has 4 heteroatoms. The van der Waals surface area contributed by atoms with Crippen molar-refractivity contribution in [1.82, 2.24) is 10.2 Å². The van der Waals surface area contributed by atoms with Crippen LogP contribution in [0.25, 0.3) is 0 Å². The highest BCUT2D eigenvalue weighted by molar-refractivity contribution is 5.75. The molecule has 0 aromatic rings. The zero-order chi connectivity index (χ0) is 14.1. The van der Waals surface area contributed by atoms with Crippen molar-refractivity contribution >= 4 is 5.91 Å². The predicted molar refractivity (Wildman–Crippen MR) is 80.0 cm³/mol. The van der Waals surface area contributed by atoms with E-state index < -0.39 is 0 Å². The number of nitrogens with two attached hydrogens (primary N) is 1. The maximum Gasteiger partial charge on any atom is 0.220 e. The highest BCUT2D eigenvalue weighted by atomic mass is 16.1. The van der Waals surface area contributed by atoms with Crippen molar-refractivity contribution in [3.8, 4) is 0 Å². The Labute approximate surface area is 118 Å². The molecule has 0 aromatic heterocycles. The second-order valence-corrected chi connectivity index (χ2v) is 6.18. The number of carbonyl (C=O) groups is 1. The first-order valence-corrected chi connectivity index (χ1v) is 7.75. The van der Waals surface area contributed by atoms with E-state index in [1.54, 1.807) is 0 Å². The SMILES string of the molecule is CN(C)CCCCNC(=O)CCC1CCC(N)CC1. The Kier molecular flexibility index (Phi) is 8.07. The van der Waals surface area contributed by atoms with Gasteiger partial charge in [-0.1, -0.05) is 0 Å². The quantitative estimate of drug-likeness (QED) is 0.660. The molecule has 0 atom stereocenters. The van der Waals surface area contributed by atoms with E-state index in [1.807, 2.05) is 0 Å². The third-order valence-electron chi connectivity index (χ3n) is 4.03. The molecule has 19 heavy (non-hydrogen) atoms. The van der Waals surface area contributed by atoms with Gasteiger partial charge in [0.1, 0.15) is 0 Å². The number of carbonyl (C=O) groups excluding carboxylic acids is 1. The van der Waals surface area contributed by atoms with Crippen LogP contribution in [0.1, 0.15) is 51.4 Å². The molecule has 1 aliphatic carbocycles. The molecule has 0 radical (unpaired) electrons. The molecule has 1 saturated carbocycles. The molecule has 0 unspecified atom stereocenters. The number of hydrogen-bond donors (Lipinski definition) is 2. The van der Waals surface area contributed by atoms with Gasteiger partial charge in [-0.05, 0) is 71.5 Å². The van der Waals surface area contributed by atoms with Crippen LogP contribution >= 0.6 is 0 Å². The van der Waals surface area contributed by atoms with Crippen LogP contribution in [-0.2, 0) is 4.79 Å². The molecule has 1 aliphatic rings. The molecule has 1 rings (SSSR count). The highest BCUT2D eigenvalue weighted by Gasteiger charge is 2.18. The fourth-order valence-electron chi connectivity index (χ4n) is 2.68. The summed E-state index contributed by atoms with van der Waals surface area (Å²) in [4.78, 5) is 13.9. The van der Waals surface area contributed by atoms with Gasteiger partial charge in [0, 0.05) is 19.0 Å². The highest BCUT2D eigenvalue weighted by Crippen LogP contribution is 2.26. The van der Waals surface area contributed by atoms with Gasteiger partial charge in [0.2, 0.25) is 5.91 Å². The minimum Gasteiger partial charge on any atom is -0.356 e. The molecule has 0 aromatic carbocycles. The Balaban J connectivity index is 1.96. The zero-order valence-corrected chi connectivity index (χ0v) is 12.7. The average Bonchev–Trinajstić information content (AvgIpc) is 2.37. The van der Waals surface area contributed by atoms with Crippen LogP contribution in [0.15, 0.2) is 0 Å². The molecule has 1 amide bonds. The zero-order valence-electron chi connectivity index (χ0n) is 12.7. The molecular formula is C15H31N3O. The van der Waals surface area contributed by atoms with Crippen LogP contribution in [0, 0.1) is 5.92 Å². The first-order valence-electron chi connectivity index (χ1n) is 7.75. The summed E-state index contributed by atoms with van der Waals surface area (Å²) in [6.07, 6.45) is 8.63. The molecule has 0 aliphatic heterocycles. The Morgan fingerprint density at radius 2 is 1.89 bits per heavy atom. The summed E-state index contributed by atoms with van der Waals surface area (Å²) in [5.74, 6) is 0.944. The minimum atomic E-state index is 0.222. The third kappa shape index (κ3) is 8.22. The number of amides is 1. The lowest BCUT2D eigenvalue weighted by Crippen LogP contribution is -2.28. The Bertz CT molecular complexity index is 248. The van der Waals surface area contributed by atoms with Gasteiger partial charge in [0.05, 0.1) is 0 Å². The van der Waals surface area contributed by atoms with Crippen molar-refractivity contribution in [1.29, 1.82) is 0 Å². The number of hydrogen-bond acceptors (Lipinski definition) is 3. The van der Waals surface area contributed by atoms with Crippen LogP contribution in [0.3, 0.4) is 0 Å². The maximum absolute atomic E-state index is 11.7. The minimum absolute atomic E-state index is 0.222. The first kappa shape index (κ1) is 16.4. The molecule has 0 spiro atoms. The molecule has 0 saturated heterocycles. The lowest BCUT2D eigenvalue weighted by Gasteiger charge is -2.25. The van der Waals surface area contributed by atoms with Gasteiger partial charge < -0.3 is 16.0 Å². The third-order valence-corrected chi connectivity index (χ3v) is 4.03. The van der Waals surface area contributed by atoms with Crippen LogP contribution < -0.4 is 11.1 Å². The van der Waals surface area contributed by atoms with Gasteiger partial charge in [-0.2, -0.15) is 0 Å². The van der Waals surface area contributed by atoms with Crippen LogP contribution in [0.4, 0.5) is 0 Å². The Morgan fingerprint density at radius 3 is 2.53 bits per heavy atom. The number of rotatable bonds is 8. The summed E-state index contributed by atoms with van der Waals surface area (Å²) in [5, 5.41) is 3.02. The van der Waals surface area contributed by atoms with Crippen LogP contribution in [0.5, 0.6) is 0 Å². The van der Waals surface area contributed by atoms with E-state index in [9.17, 15) is 4.79 Å². The van der Waals surface area contributed by atoms with E-state index in [1.165, 1.54) is 12.8 Å². The monoisotopic (exact) mass is 269 g/mol. The second kappa shape index (κ2) is 9.32. The van der Waals surface area contributed by atoms with E-state index in [2.05, 4.69) is 24.3 Å². The lowest BCUT2D eigenvalue weighted by molar-refractivity contribution is -0.121. The molecule has 3 N–H and O–H groups in total. The number of nitrogens with zero attached hydrogens (tertiary/aromatic N) is 1. The summed E-state index contributed by atoms with van der Waals surface area (Å²) in [6.45, 7) is 1.92. The summed E-state index contributed by atoms with van der Waals surface area (Å²) < 4.78 is 0. The molecule has 0 heterocycles. The van der Waals surface area contributed by atoms with Gasteiger partial charge >= 0.3 is 0 Å². The normalized spacial score (nSPS) is 23.6. The van der Waals surface area contributed by atoms with Gasteiger partial charge in [0.25, 0.3) is 0 Å². The van der Waals surface area contributed by atoms with Crippen molar-refractivity contribution in [2.45, 2.75) is 57.4 Å². The lowest BCUT2D eigenvalue weighted by atomic mass is 9.84. The maximum atomic E-state index is 11.7. The van der Waals surface area contributed by atoms with Crippen molar-refractivity contribution in [2.75, 3.05) is 27.2 Å². The Morgan fingerprint density at radius 1 is 1.21 bits per heavy atom. The van der Waals surface area contributed by atoms with Crippen LogP contribution in [-0.4, -0.2) is 44.0 Å². The summed E-state index contributed by atoms with van der Waals surface area (Å²) in [6, 6.07) is 0.404. The second-order valence-electron chi connectivity index (χ2n) is 6.18. The van der Waals surface area contributed by atoms with Crippen LogP contribution in [0.2, 0.25) is 0 Å². The standard InChI is InChI=1S/C15H31N3O/c1-18(2)12-4-3-11-17-15(19)10-7-13-5-8-14(16)9-6-13/h13-14H,3-12,16H2,1-2H3,(H,17,19). The van der Waals surface area contributed by atoms with Gasteiger partial charge in [-0.15, -0.1) is 0 Å². The molecule has 0 bridgehead atoms. The van der Waals surface area contributed by atoms with E-state index >= 15 is 0 Å². The van der Waals surface area contributed by atoms with E-state index in [4.69, 9.17) is 5.73 Å². The topological polar surface area (TPSA) is 58.4 Å². The fourth-order valence-corrected chi connectivity index (χ4v) is 2.68. The smallest absolute Gasteiger partial charge is 0.220 e. The van der Waals surface area contributed by atoms with Gasteiger partial charge in [-0.3, -0.25) is 4.79 Å². The molecule has 112 valence electrons. The summed E-state index contributed by atoms with van der Waals surface area (Å²) in [5.41, 5.74) is 5.89. The molecular weight excluding hydrogens is 238 g/mol. The first-order chi connectivity index (χ1) is 9.08. The van der Waals surface area contributed by atoms with Crippen molar-refractivity contribution in [3.63, 3.8) is 0 Å². The predicted octanol–water partition coefficient (Wildman–Crippen LogP) is 1.74. The summed E-state index contributed by atoms with van der Waals surface area (Å²) in [7, 11) is 4.16. The van der Waals surface area contributed by atoms with Gasteiger partial charge in [0.15, 0.2) is 0 Å². The molecule has 4 nitrogen and oxygen atoms in total. The summed E-state index contributed by atoms with van der Waals surface area (Å²) >= 11 is 0. The van der Waals surface area contributed by atoms with Crippen molar-refractivity contribution < 1.29 is 4.79 Å². The number of nitrogens with one attached hydrogen (secondary N) is 1. The van der Waals surface area contributed by atoms with E-state index in [-0.39, 0.29) is 5.91 Å². The van der Waals surface area contributed by atoms with E-state index in [0.717, 1.165) is 51.1 Å². The number of unbranched alkanes of at least 4 members (excludes halogenated alkanes) is 1.